The molecule has 2 aromatic rings. The van der Waals surface area contributed by atoms with E-state index >= 15 is 4.39 Å². The van der Waals surface area contributed by atoms with Crippen LogP contribution in [0.4, 0.5) is 10.1 Å². The first-order valence-electron chi connectivity index (χ1n) is 10.3. The van der Waals surface area contributed by atoms with Crippen molar-refractivity contribution < 1.29 is 24.1 Å². The van der Waals surface area contributed by atoms with E-state index in [-0.39, 0.29) is 35.4 Å². The lowest BCUT2D eigenvalue weighted by atomic mass is 9.86. The Hall–Kier alpha value is -2.45. The van der Waals surface area contributed by atoms with E-state index in [1.54, 1.807) is 14.0 Å². The number of aliphatic hydroxyl groups is 1. The second-order valence-electron chi connectivity index (χ2n) is 8.44. The van der Waals surface area contributed by atoms with Gasteiger partial charge in [-0.15, -0.1) is 0 Å². The number of pyridine rings is 1. The highest BCUT2D eigenvalue weighted by Gasteiger charge is 2.33. The minimum atomic E-state index is -1.30. The highest BCUT2D eigenvalue weighted by atomic mass is 19.1. The quantitative estimate of drug-likeness (QED) is 0.749. The minimum Gasteiger partial charge on any atom is -0.477 e. The van der Waals surface area contributed by atoms with Crippen molar-refractivity contribution in [2.45, 2.75) is 32.2 Å². The van der Waals surface area contributed by atoms with Gasteiger partial charge in [-0.1, -0.05) is 0 Å². The number of hydrogen-bond donors (Lipinski definition) is 2. The summed E-state index contributed by atoms with van der Waals surface area (Å²) < 4.78 is 22.4. The van der Waals surface area contributed by atoms with Crippen LogP contribution in [-0.4, -0.2) is 54.2 Å². The van der Waals surface area contributed by atoms with Gasteiger partial charge in [-0.25, -0.2) is 9.18 Å². The minimum absolute atomic E-state index is 0.00642. The van der Waals surface area contributed by atoms with E-state index in [0.717, 1.165) is 19.3 Å². The number of ether oxygens (including phenoxy) is 1. The van der Waals surface area contributed by atoms with E-state index in [2.05, 4.69) is 0 Å². The highest BCUT2D eigenvalue weighted by molar-refractivity contribution is 5.95. The van der Waals surface area contributed by atoms with Crippen LogP contribution in [0.3, 0.4) is 0 Å². The number of hydrogen-bond acceptors (Lipinski definition) is 5. The van der Waals surface area contributed by atoms with Gasteiger partial charge in [-0.2, -0.15) is 0 Å². The molecule has 1 aliphatic heterocycles. The maximum absolute atomic E-state index is 15.3. The topological polar surface area (TPSA) is 92.0 Å². The smallest absolute Gasteiger partial charge is 0.341 e. The van der Waals surface area contributed by atoms with E-state index in [0.29, 0.717) is 36.5 Å². The molecule has 2 N–H and O–H groups in total. The van der Waals surface area contributed by atoms with Gasteiger partial charge in [0.1, 0.15) is 11.4 Å². The molecule has 7 nitrogen and oxygen atoms in total. The molecule has 4 rings (SSSR count). The van der Waals surface area contributed by atoms with Crippen LogP contribution in [0.2, 0.25) is 0 Å². The fourth-order valence-electron chi connectivity index (χ4n) is 4.78. The van der Waals surface area contributed by atoms with Crippen molar-refractivity contribution in [2.75, 3.05) is 38.3 Å². The lowest BCUT2D eigenvalue weighted by Gasteiger charge is -2.39. The first-order chi connectivity index (χ1) is 14.4. The van der Waals surface area contributed by atoms with Crippen LogP contribution in [0.15, 0.2) is 17.1 Å². The molecule has 0 spiro atoms. The fraction of sp³-hybridized carbons (Fsp3) is 0.545. The molecule has 1 aromatic carbocycles. The molecule has 162 valence electrons. The van der Waals surface area contributed by atoms with Crippen LogP contribution in [0.25, 0.3) is 10.9 Å². The van der Waals surface area contributed by atoms with E-state index in [9.17, 15) is 19.8 Å². The maximum Gasteiger partial charge on any atom is 0.341 e. The molecule has 1 saturated heterocycles. The maximum atomic E-state index is 15.3. The molecule has 0 amide bonds. The molecule has 0 bridgehead atoms. The van der Waals surface area contributed by atoms with Crippen LogP contribution >= 0.6 is 0 Å². The number of benzene rings is 1. The summed E-state index contributed by atoms with van der Waals surface area (Å²) in [5.41, 5.74) is 0.668. The van der Waals surface area contributed by atoms with Crippen LogP contribution < -0.4 is 10.3 Å². The van der Waals surface area contributed by atoms with Gasteiger partial charge in [0.25, 0.3) is 0 Å². The monoisotopic (exact) mass is 418 g/mol. The molecule has 1 aromatic heterocycles. The normalized spacial score (nSPS) is 21.9. The Labute approximate surface area is 173 Å². The number of anilines is 1. The van der Waals surface area contributed by atoms with E-state index in [1.807, 2.05) is 9.47 Å². The number of methoxy groups -OCH3 is 1. The Morgan fingerprint density at radius 1 is 1.30 bits per heavy atom. The summed E-state index contributed by atoms with van der Waals surface area (Å²) in [6.45, 7) is 3.45. The number of aryl methyl sites for hydroxylation is 1. The van der Waals surface area contributed by atoms with Gasteiger partial charge in [0.05, 0.1) is 11.2 Å². The van der Waals surface area contributed by atoms with Crippen molar-refractivity contribution in [1.82, 2.24) is 4.57 Å². The summed E-state index contributed by atoms with van der Waals surface area (Å²) in [5, 5.41) is 19.4. The van der Waals surface area contributed by atoms with E-state index in [4.69, 9.17) is 4.74 Å². The molecule has 30 heavy (non-hydrogen) atoms. The Kier molecular flexibility index (Phi) is 5.55. The van der Waals surface area contributed by atoms with Crippen molar-refractivity contribution >= 4 is 22.6 Å². The number of piperidine rings is 1. The summed E-state index contributed by atoms with van der Waals surface area (Å²) in [7, 11) is 1.64. The number of carbonyl (C=O) groups is 1. The van der Waals surface area contributed by atoms with Crippen molar-refractivity contribution in [3.05, 3.63) is 39.4 Å². The molecule has 8 heteroatoms. The van der Waals surface area contributed by atoms with Crippen molar-refractivity contribution in [3.63, 3.8) is 0 Å². The first kappa shape index (κ1) is 20.8. The van der Waals surface area contributed by atoms with Crippen molar-refractivity contribution in [1.29, 1.82) is 0 Å². The highest BCUT2D eigenvalue weighted by Crippen LogP contribution is 2.40. The number of carboxylic acids is 1. The molecule has 2 aliphatic rings. The first-order valence-corrected chi connectivity index (χ1v) is 10.3. The molecule has 2 fully saturated rings. The zero-order chi connectivity index (χ0) is 21.6. The van der Waals surface area contributed by atoms with Crippen LogP contribution in [0.1, 0.15) is 41.2 Å². The third kappa shape index (κ3) is 3.48. The second kappa shape index (κ2) is 8.00. The summed E-state index contributed by atoms with van der Waals surface area (Å²) >= 11 is 0. The van der Waals surface area contributed by atoms with Crippen LogP contribution in [0, 0.1) is 24.6 Å². The number of aliphatic hydroxyl groups excluding tert-OH is 1. The average Bonchev–Trinajstić information content (AvgIpc) is 3.54. The zero-order valence-electron chi connectivity index (χ0n) is 17.2. The van der Waals surface area contributed by atoms with Gasteiger partial charge >= 0.3 is 5.97 Å². The Morgan fingerprint density at radius 3 is 2.63 bits per heavy atom. The lowest BCUT2D eigenvalue weighted by molar-refractivity contribution is 0.0695. The standard InChI is InChI=1S/C22H27FN2O5/c1-12-19-16(21(27)17(22(28)29)9-25(19)15-3-4-15)7-18(23)20(12)24-6-5-13(11-30-2)14(8-24)10-26/h7,9,13-15,26H,3-6,8,10-11H2,1-2H3,(H,28,29)/t13-,14+/m1/s1. The number of fused-ring (bicyclic) bond motifs is 1. The molecular formula is C22H27FN2O5. The second-order valence-corrected chi connectivity index (χ2v) is 8.44. The molecule has 0 radical (unpaired) electrons. The Morgan fingerprint density at radius 2 is 2.03 bits per heavy atom. The average molecular weight is 418 g/mol. The van der Waals surface area contributed by atoms with Gasteiger partial charge in [0.2, 0.25) is 5.43 Å². The predicted molar refractivity (Wildman–Crippen MR) is 111 cm³/mol. The molecule has 2 atom stereocenters. The number of nitrogens with zero attached hydrogens (tertiary/aromatic N) is 2. The number of carboxylic acid groups (broad SMARTS) is 1. The Bertz CT molecular complexity index is 1050. The van der Waals surface area contributed by atoms with Crippen molar-refractivity contribution in [3.8, 4) is 0 Å². The summed E-state index contributed by atoms with van der Waals surface area (Å²) in [6.07, 6.45) is 3.97. The van der Waals surface area contributed by atoms with Crippen molar-refractivity contribution in [2.24, 2.45) is 11.8 Å². The summed E-state index contributed by atoms with van der Waals surface area (Å²) in [4.78, 5) is 26.2. The summed E-state index contributed by atoms with van der Waals surface area (Å²) in [5.74, 6) is -1.66. The molecule has 0 unspecified atom stereocenters. The van der Waals surface area contributed by atoms with E-state index in [1.165, 1.54) is 12.3 Å². The molecule has 1 aliphatic carbocycles. The SMILES string of the molecule is COC[C@H]1CCN(c2c(F)cc3c(=O)c(C(=O)O)cn(C4CC4)c3c2C)C[C@H]1CO. The number of rotatable bonds is 6. The molecular weight excluding hydrogens is 391 g/mol. The van der Waals surface area contributed by atoms with E-state index < -0.39 is 17.2 Å². The Balaban J connectivity index is 1.85. The third-order valence-corrected chi connectivity index (χ3v) is 6.47. The summed E-state index contributed by atoms with van der Waals surface area (Å²) in [6, 6.07) is 1.31. The van der Waals surface area contributed by atoms with Gasteiger partial charge in [0.15, 0.2) is 0 Å². The number of aromatic carboxylic acids is 1. The van der Waals surface area contributed by atoms with Crippen LogP contribution in [-0.2, 0) is 4.74 Å². The molecule has 2 heterocycles. The number of halogens is 1. The van der Waals surface area contributed by atoms with Gasteiger partial charge < -0.3 is 24.4 Å². The van der Waals surface area contributed by atoms with Gasteiger partial charge in [-0.3, -0.25) is 4.79 Å². The lowest BCUT2D eigenvalue weighted by Crippen LogP contribution is -2.44. The third-order valence-electron chi connectivity index (χ3n) is 6.47. The largest absolute Gasteiger partial charge is 0.477 e. The van der Waals surface area contributed by atoms with Crippen LogP contribution in [0.5, 0.6) is 0 Å². The zero-order valence-corrected chi connectivity index (χ0v) is 17.2. The predicted octanol–water partition coefficient (Wildman–Crippen LogP) is 2.56. The fourth-order valence-corrected chi connectivity index (χ4v) is 4.78. The number of aromatic nitrogens is 1. The molecule has 1 saturated carbocycles. The van der Waals surface area contributed by atoms with Gasteiger partial charge in [-0.05, 0) is 43.7 Å². The van der Waals surface area contributed by atoms with Gasteiger partial charge in [0, 0.05) is 57.0 Å².